The summed E-state index contributed by atoms with van der Waals surface area (Å²) in [5, 5.41) is 12.0. The zero-order valence-electron chi connectivity index (χ0n) is 11.0. The van der Waals surface area contributed by atoms with E-state index >= 15 is 0 Å². The molecule has 0 heterocycles. The summed E-state index contributed by atoms with van der Waals surface area (Å²) in [6.45, 7) is 0. The molecule has 1 aliphatic carbocycles. The Hall–Kier alpha value is -1.70. The van der Waals surface area contributed by atoms with Gasteiger partial charge in [0.25, 0.3) is 0 Å². The lowest BCUT2D eigenvalue weighted by Crippen LogP contribution is -2.18. The molecule has 1 saturated carbocycles. The third-order valence-electron chi connectivity index (χ3n) is 3.57. The summed E-state index contributed by atoms with van der Waals surface area (Å²) >= 11 is 0. The Morgan fingerprint density at radius 1 is 1.24 bits per heavy atom. The van der Waals surface area contributed by atoms with Crippen molar-refractivity contribution in [1.29, 1.82) is 0 Å². The summed E-state index contributed by atoms with van der Waals surface area (Å²) in [5.41, 5.74) is 0.583. The van der Waals surface area contributed by atoms with Crippen LogP contribution in [-0.2, 0) is 14.6 Å². The summed E-state index contributed by atoms with van der Waals surface area (Å²) in [6, 6.07) is 5.04. The number of hydrogen-bond acceptors (Lipinski definition) is 4. The van der Waals surface area contributed by atoms with E-state index in [0.717, 1.165) is 12.1 Å². The van der Waals surface area contributed by atoms with E-state index in [9.17, 15) is 22.0 Å². The van der Waals surface area contributed by atoms with Crippen molar-refractivity contribution in [3.05, 3.63) is 24.3 Å². The minimum atomic E-state index is -4.58. The number of hydrogen-bond donors (Lipinski definition) is 2. The van der Waals surface area contributed by atoms with E-state index in [2.05, 4.69) is 5.32 Å². The summed E-state index contributed by atoms with van der Waals surface area (Å²) in [6.07, 6.45) is 1.78. The van der Waals surface area contributed by atoms with Crippen LogP contribution in [0.3, 0.4) is 0 Å². The first-order valence-electron chi connectivity index (χ1n) is 6.42. The molecule has 1 aromatic carbocycles. The Balaban J connectivity index is 2.03. The van der Waals surface area contributed by atoms with Gasteiger partial charge in [-0.3, -0.25) is 4.79 Å². The van der Waals surface area contributed by atoms with Gasteiger partial charge in [0.1, 0.15) is 0 Å². The summed E-state index contributed by atoms with van der Waals surface area (Å²) < 4.78 is 47.3. The van der Waals surface area contributed by atoms with Gasteiger partial charge in [0.15, 0.2) is 0 Å². The van der Waals surface area contributed by atoms with E-state index in [1.54, 1.807) is 0 Å². The SMILES string of the molecule is O=C(O)[C@@H]1CC[C@H](Nc2ccc(S(=O)(=O)C(F)F)cc2)C1. The normalized spacial score (nSPS) is 22.4. The topological polar surface area (TPSA) is 83.5 Å². The number of carboxylic acids is 1. The minimum Gasteiger partial charge on any atom is -0.481 e. The van der Waals surface area contributed by atoms with E-state index in [-0.39, 0.29) is 12.0 Å². The molecule has 21 heavy (non-hydrogen) atoms. The molecule has 0 aliphatic heterocycles. The Morgan fingerprint density at radius 3 is 2.33 bits per heavy atom. The van der Waals surface area contributed by atoms with Crippen molar-refractivity contribution in [3.63, 3.8) is 0 Å². The second kappa shape index (κ2) is 5.97. The van der Waals surface area contributed by atoms with Crippen LogP contribution < -0.4 is 5.32 Å². The van der Waals surface area contributed by atoms with Gasteiger partial charge in [-0.1, -0.05) is 0 Å². The van der Waals surface area contributed by atoms with Crippen LogP contribution in [0.2, 0.25) is 0 Å². The lowest BCUT2D eigenvalue weighted by molar-refractivity contribution is -0.141. The molecule has 1 fully saturated rings. The number of nitrogens with one attached hydrogen (secondary N) is 1. The third kappa shape index (κ3) is 3.49. The number of rotatable bonds is 5. The number of carboxylic acid groups (broad SMARTS) is 1. The zero-order chi connectivity index (χ0) is 15.6. The molecule has 0 bridgehead atoms. The molecule has 8 heteroatoms. The maximum absolute atomic E-state index is 12.4. The highest BCUT2D eigenvalue weighted by atomic mass is 32.2. The first kappa shape index (κ1) is 15.7. The van der Waals surface area contributed by atoms with Gasteiger partial charge in [-0.05, 0) is 43.5 Å². The van der Waals surface area contributed by atoms with Gasteiger partial charge >= 0.3 is 11.7 Å². The Bertz CT molecular complexity index is 616. The molecule has 5 nitrogen and oxygen atoms in total. The molecule has 2 atom stereocenters. The predicted molar refractivity (Wildman–Crippen MR) is 72.0 cm³/mol. The highest BCUT2D eigenvalue weighted by Crippen LogP contribution is 2.29. The van der Waals surface area contributed by atoms with Crippen molar-refractivity contribution in [2.24, 2.45) is 5.92 Å². The van der Waals surface area contributed by atoms with Gasteiger partial charge in [-0.15, -0.1) is 0 Å². The second-order valence-corrected chi connectivity index (χ2v) is 6.94. The van der Waals surface area contributed by atoms with E-state index in [4.69, 9.17) is 5.11 Å². The van der Waals surface area contributed by atoms with Crippen molar-refractivity contribution in [2.75, 3.05) is 5.32 Å². The fourth-order valence-corrected chi connectivity index (χ4v) is 3.14. The molecule has 1 aliphatic rings. The summed E-state index contributed by atoms with van der Waals surface area (Å²) in [7, 11) is -4.58. The fourth-order valence-electron chi connectivity index (χ4n) is 2.42. The molecule has 116 valence electrons. The van der Waals surface area contributed by atoms with Crippen LogP contribution in [0.5, 0.6) is 0 Å². The Labute approximate surface area is 120 Å². The summed E-state index contributed by atoms with van der Waals surface area (Å²) in [4.78, 5) is 10.4. The van der Waals surface area contributed by atoms with Crippen LogP contribution in [0.4, 0.5) is 14.5 Å². The third-order valence-corrected chi connectivity index (χ3v) is 4.97. The van der Waals surface area contributed by atoms with Crippen LogP contribution in [0.25, 0.3) is 0 Å². The van der Waals surface area contributed by atoms with Crippen molar-refractivity contribution in [2.45, 2.75) is 36.0 Å². The van der Waals surface area contributed by atoms with Crippen LogP contribution in [-0.4, -0.2) is 31.3 Å². The average molecular weight is 319 g/mol. The van der Waals surface area contributed by atoms with Gasteiger partial charge in [-0.2, -0.15) is 8.78 Å². The predicted octanol–water partition coefficient (Wildman–Crippen LogP) is 2.35. The smallest absolute Gasteiger partial charge is 0.341 e. The van der Waals surface area contributed by atoms with Crippen LogP contribution in [0, 0.1) is 5.92 Å². The number of aliphatic carboxylic acids is 1. The molecule has 0 amide bonds. The maximum Gasteiger partial charge on any atom is 0.341 e. The Kier molecular flexibility index (Phi) is 4.46. The number of sulfone groups is 1. The quantitative estimate of drug-likeness (QED) is 0.870. The van der Waals surface area contributed by atoms with Gasteiger partial charge < -0.3 is 10.4 Å². The van der Waals surface area contributed by atoms with Gasteiger partial charge in [0.05, 0.1) is 10.8 Å². The fraction of sp³-hybridized carbons (Fsp3) is 0.462. The van der Waals surface area contributed by atoms with Gasteiger partial charge in [-0.25, -0.2) is 8.42 Å². The van der Waals surface area contributed by atoms with Crippen LogP contribution >= 0.6 is 0 Å². The molecule has 1 aromatic rings. The molecule has 0 saturated heterocycles. The van der Waals surface area contributed by atoms with E-state index in [1.807, 2.05) is 0 Å². The summed E-state index contributed by atoms with van der Waals surface area (Å²) in [5.74, 6) is -4.64. The molecular weight excluding hydrogens is 304 g/mol. The standard InChI is InChI=1S/C13H15F2NO4S/c14-13(15)21(19,20)11-5-3-9(4-6-11)16-10-2-1-8(7-10)12(17)18/h3-6,8,10,13,16H,1-2,7H2,(H,17,18)/t8-,10+/m1/s1. The molecule has 2 N–H and O–H groups in total. The van der Waals surface area contributed by atoms with Crippen LogP contribution in [0.15, 0.2) is 29.2 Å². The highest BCUT2D eigenvalue weighted by Gasteiger charge is 2.30. The zero-order valence-corrected chi connectivity index (χ0v) is 11.8. The largest absolute Gasteiger partial charge is 0.481 e. The van der Waals surface area contributed by atoms with Crippen molar-refractivity contribution in [3.8, 4) is 0 Å². The molecule has 0 radical (unpaired) electrons. The average Bonchev–Trinajstić information content (AvgIpc) is 2.88. The molecule has 0 aromatic heterocycles. The first-order valence-corrected chi connectivity index (χ1v) is 7.97. The number of benzene rings is 1. The Morgan fingerprint density at radius 2 is 1.86 bits per heavy atom. The van der Waals surface area contributed by atoms with E-state index in [0.29, 0.717) is 24.9 Å². The minimum absolute atomic E-state index is 0.0105. The molecule has 0 unspecified atom stereocenters. The number of alkyl halides is 2. The number of halogens is 2. The highest BCUT2D eigenvalue weighted by molar-refractivity contribution is 7.91. The monoisotopic (exact) mass is 319 g/mol. The van der Waals surface area contributed by atoms with Gasteiger partial charge in [0, 0.05) is 11.7 Å². The van der Waals surface area contributed by atoms with Crippen molar-refractivity contribution in [1.82, 2.24) is 0 Å². The molecular formula is C13H15F2NO4S. The van der Waals surface area contributed by atoms with Crippen LogP contribution in [0.1, 0.15) is 19.3 Å². The van der Waals surface area contributed by atoms with E-state index < -0.39 is 26.5 Å². The maximum atomic E-state index is 12.4. The van der Waals surface area contributed by atoms with E-state index in [1.165, 1.54) is 12.1 Å². The number of anilines is 1. The lowest BCUT2D eigenvalue weighted by atomic mass is 10.1. The van der Waals surface area contributed by atoms with Gasteiger partial charge in [0.2, 0.25) is 9.84 Å². The number of carbonyl (C=O) groups is 1. The first-order chi connectivity index (χ1) is 9.80. The van der Waals surface area contributed by atoms with Crippen molar-refractivity contribution >= 4 is 21.5 Å². The second-order valence-electron chi connectivity index (χ2n) is 5.02. The molecule has 2 rings (SSSR count). The lowest BCUT2D eigenvalue weighted by Gasteiger charge is -2.14. The van der Waals surface area contributed by atoms with Crippen molar-refractivity contribution < 1.29 is 27.1 Å². The molecule has 0 spiro atoms.